The van der Waals surface area contributed by atoms with Crippen LogP contribution in [-0.2, 0) is 0 Å². The third kappa shape index (κ3) is 3.45. The van der Waals surface area contributed by atoms with Crippen LogP contribution < -0.4 is 16.4 Å². The Bertz CT molecular complexity index is 836. The van der Waals surface area contributed by atoms with Crippen molar-refractivity contribution in [3.8, 4) is 5.95 Å². The molecule has 2 aromatic heterocycles. The number of aryl methyl sites for hydroxylation is 1. The third-order valence-electron chi connectivity index (χ3n) is 3.46. The van der Waals surface area contributed by atoms with Crippen LogP contribution in [0.25, 0.3) is 5.95 Å². The van der Waals surface area contributed by atoms with Gasteiger partial charge in [-0.3, -0.25) is 0 Å². The largest absolute Gasteiger partial charge is 0.417 e. The molecule has 2 aromatic rings. The monoisotopic (exact) mass is 352 g/mol. The molecule has 0 amide bonds. The first kappa shape index (κ1) is 16.9. The minimum absolute atomic E-state index is 0.0784. The molecule has 1 aliphatic rings. The minimum atomic E-state index is -4.57. The van der Waals surface area contributed by atoms with Crippen molar-refractivity contribution in [1.29, 1.82) is 0 Å². The summed E-state index contributed by atoms with van der Waals surface area (Å²) in [6.45, 7) is 2.91. The summed E-state index contributed by atoms with van der Waals surface area (Å²) >= 11 is 0. The zero-order valence-electron chi connectivity index (χ0n) is 13.3. The summed E-state index contributed by atoms with van der Waals surface area (Å²) in [7, 11) is 0. The van der Waals surface area contributed by atoms with Crippen molar-refractivity contribution in [3.05, 3.63) is 42.1 Å². The number of nitrogens with two attached hydrogens (primary N) is 1. The van der Waals surface area contributed by atoms with Gasteiger partial charge in [0.1, 0.15) is 5.66 Å². The van der Waals surface area contributed by atoms with Crippen molar-refractivity contribution in [2.45, 2.75) is 25.7 Å². The van der Waals surface area contributed by atoms with Gasteiger partial charge in [0.05, 0.1) is 23.2 Å². The lowest BCUT2D eigenvalue weighted by molar-refractivity contribution is -0.100. The SMILES string of the molecule is Cc1nn(-c2ncccn2)cc1NC1=NC(C)(N)C(C(F)(F)F)=CN1. The number of anilines is 1. The lowest BCUT2D eigenvalue weighted by Gasteiger charge is -2.30. The van der Waals surface area contributed by atoms with Gasteiger partial charge in [-0.15, -0.1) is 0 Å². The highest BCUT2D eigenvalue weighted by Gasteiger charge is 2.45. The Hall–Kier alpha value is -2.95. The van der Waals surface area contributed by atoms with Crippen molar-refractivity contribution in [2.24, 2.45) is 10.7 Å². The number of nitrogens with zero attached hydrogens (tertiary/aromatic N) is 5. The summed E-state index contributed by atoms with van der Waals surface area (Å²) < 4.78 is 40.3. The Kier molecular flexibility index (Phi) is 3.95. The van der Waals surface area contributed by atoms with E-state index in [9.17, 15) is 13.2 Å². The molecular weight excluding hydrogens is 337 g/mol. The summed E-state index contributed by atoms with van der Waals surface area (Å²) in [5, 5.41) is 9.60. The van der Waals surface area contributed by atoms with E-state index in [1.807, 2.05) is 0 Å². The van der Waals surface area contributed by atoms with Gasteiger partial charge in [0, 0.05) is 18.6 Å². The standard InChI is InChI=1S/C14H15F3N8/c1-8-9(7-25(24-8)12-19-4-3-5-20-12)22-11-21-6-10(14(15,16)17)13(2,18)23-11/h3-7H,18H2,1-2H3,(H2,21,22,23). The fraction of sp³-hybridized carbons (Fsp3) is 0.286. The average molecular weight is 352 g/mol. The van der Waals surface area contributed by atoms with Crippen molar-refractivity contribution in [1.82, 2.24) is 25.1 Å². The lowest BCUT2D eigenvalue weighted by atomic mass is 10.0. The predicted molar refractivity (Wildman–Crippen MR) is 84.8 cm³/mol. The highest BCUT2D eigenvalue weighted by atomic mass is 19.4. The maximum Gasteiger partial charge on any atom is 0.417 e. The summed E-state index contributed by atoms with van der Waals surface area (Å²) in [6.07, 6.45) is 0.975. The van der Waals surface area contributed by atoms with E-state index >= 15 is 0 Å². The number of aromatic nitrogens is 4. The first-order valence-corrected chi connectivity index (χ1v) is 7.20. The molecule has 0 fully saturated rings. The molecule has 0 saturated heterocycles. The molecule has 25 heavy (non-hydrogen) atoms. The van der Waals surface area contributed by atoms with E-state index in [1.54, 1.807) is 31.6 Å². The van der Waals surface area contributed by atoms with Crippen LogP contribution in [0.4, 0.5) is 18.9 Å². The second-order valence-corrected chi connectivity index (χ2v) is 5.55. The van der Waals surface area contributed by atoms with Crippen LogP contribution >= 0.6 is 0 Å². The summed E-state index contributed by atoms with van der Waals surface area (Å²) in [6, 6.07) is 1.67. The number of alkyl halides is 3. The van der Waals surface area contributed by atoms with Crippen molar-refractivity contribution in [2.75, 3.05) is 5.32 Å². The van der Waals surface area contributed by atoms with Crippen LogP contribution in [0.5, 0.6) is 0 Å². The van der Waals surface area contributed by atoms with E-state index in [0.29, 0.717) is 17.3 Å². The molecule has 1 atom stereocenters. The second-order valence-electron chi connectivity index (χ2n) is 5.55. The molecular formula is C14H15F3N8. The molecule has 1 aliphatic heterocycles. The Balaban J connectivity index is 1.83. The molecule has 1 unspecified atom stereocenters. The molecule has 132 valence electrons. The van der Waals surface area contributed by atoms with E-state index in [2.05, 4.69) is 30.7 Å². The quantitative estimate of drug-likeness (QED) is 0.756. The molecule has 0 bridgehead atoms. The van der Waals surface area contributed by atoms with Crippen molar-refractivity contribution >= 4 is 11.6 Å². The van der Waals surface area contributed by atoms with Gasteiger partial charge >= 0.3 is 6.18 Å². The number of guanidine groups is 1. The van der Waals surface area contributed by atoms with Crippen molar-refractivity contribution in [3.63, 3.8) is 0 Å². The Labute approximate surface area is 140 Å². The maximum absolute atomic E-state index is 12.9. The fourth-order valence-electron chi connectivity index (χ4n) is 2.27. The summed E-state index contributed by atoms with van der Waals surface area (Å²) in [4.78, 5) is 12.0. The molecule has 0 saturated carbocycles. The smallest absolute Gasteiger partial charge is 0.332 e. The predicted octanol–water partition coefficient (Wildman–Crippen LogP) is 1.46. The van der Waals surface area contributed by atoms with Crippen LogP contribution in [-0.4, -0.2) is 37.5 Å². The number of hydrogen-bond donors (Lipinski definition) is 3. The maximum atomic E-state index is 12.9. The summed E-state index contributed by atoms with van der Waals surface area (Å²) in [5.41, 5.74) is 3.93. The van der Waals surface area contributed by atoms with E-state index in [-0.39, 0.29) is 5.96 Å². The molecule has 0 radical (unpaired) electrons. The van der Waals surface area contributed by atoms with Crippen molar-refractivity contribution < 1.29 is 13.2 Å². The normalized spacial score (nSPS) is 20.6. The zero-order valence-corrected chi connectivity index (χ0v) is 13.3. The van der Waals surface area contributed by atoms with Gasteiger partial charge in [-0.1, -0.05) is 0 Å². The third-order valence-corrected chi connectivity index (χ3v) is 3.46. The zero-order chi connectivity index (χ0) is 18.2. The van der Waals surface area contributed by atoms with E-state index in [1.165, 1.54) is 11.6 Å². The minimum Gasteiger partial charge on any atom is -0.332 e. The van der Waals surface area contributed by atoms with E-state index in [0.717, 1.165) is 6.20 Å². The molecule has 3 rings (SSSR count). The van der Waals surface area contributed by atoms with Gasteiger partial charge < -0.3 is 16.4 Å². The molecule has 4 N–H and O–H groups in total. The Morgan fingerprint density at radius 3 is 2.56 bits per heavy atom. The van der Waals surface area contributed by atoms with Crippen LogP contribution in [0.3, 0.4) is 0 Å². The van der Waals surface area contributed by atoms with Crippen LogP contribution in [0.1, 0.15) is 12.6 Å². The number of aliphatic imine (C=N–C) groups is 1. The van der Waals surface area contributed by atoms with Gasteiger partial charge in [0.15, 0.2) is 0 Å². The molecule has 0 spiro atoms. The Morgan fingerprint density at radius 2 is 1.96 bits per heavy atom. The Morgan fingerprint density at radius 1 is 1.28 bits per heavy atom. The first-order valence-electron chi connectivity index (χ1n) is 7.20. The first-order chi connectivity index (χ1) is 11.7. The van der Waals surface area contributed by atoms with Crippen LogP contribution in [0.2, 0.25) is 0 Å². The van der Waals surface area contributed by atoms with Gasteiger partial charge in [0.25, 0.3) is 5.95 Å². The van der Waals surface area contributed by atoms with Gasteiger partial charge in [0.2, 0.25) is 5.96 Å². The van der Waals surface area contributed by atoms with E-state index < -0.39 is 17.4 Å². The van der Waals surface area contributed by atoms with Crippen LogP contribution in [0.15, 0.2) is 41.4 Å². The number of hydrogen-bond acceptors (Lipinski definition) is 7. The van der Waals surface area contributed by atoms with E-state index in [4.69, 9.17) is 5.73 Å². The van der Waals surface area contributed by atoms with Crippen LogP contribution in [0, 0.1) is 6.92 Å². The highest BCUT2D eigenvalue weighted by Crippen LogP contribution is 2.34. The summed E-state index contributed by atoms with van der Waals surface area (Å²) in [5.74, 6) is 0.440. The number of halogens is 3. The molecule has 0 aliphatic carbocycles. The second kappa shape index (κ2) is 5.84. The number of nitrogens with one attached hydrogen (secondary N) is 2. The number of rotatable bonds is 2. The average Bonchev–Trinajstić information content (AvgIpc) is 2.87. The highest BCUT2D eigenvalue weighted by molar-refractivity contribution is 5.95. The molecule has 11 heteroatoms. The van der Waals surface area contributed by atoms with Gasteiger partial charge in [-0.25, -0.2) is 19.6 Å². The van der Waals surface area contributed by atoms with Gasteiger partial charge in [-0.05, 0) is 19.9 Å². The molecule has 0 aromatic carbocycles. The van der Waals surface area contributed by atoms with Gasteiger partial charge in [-0.2, -0.15) is 18.3 Å². The fourth-order valence-corrected chi connectivity index (χ4v) is 2.27. The lowest BCUT2D eigenvalue weighted by Crippen LogP contribution is -2.49. The molecule has 8 nitrogen and oxygen atoms in total. The molecule has 3 heterocycles. The topological polar surface area (TPSA) is 106 Å².